The molecule has 2 fully saturated rings. The summed E-state index contributed by atoms with van der Waals surface area (Å²) < 4.78 is 29.8. The first-order valence-corrected chi connectivity index (χ1v) is 15.9. The maximum Gasteiger partial charge on any atom is 0.354 e. The number of piperidine rings is 1. The van der Waals surface area contributed by atoms with Gasteiger partial charge in [0.25, 0.3) is 0 Å². The van der Waals surface area contributed by atoms with Crippen molar-refractivity contribution in [2.45, 2.75) is 44.8 Å². The van der Waals surface area contributed by atoms with Gasteiger partial charge in [0, 0.05) is 43.0 Å². The normalized spacial score (nSPS) is 18.9. The first-order chi connectivity index (χ1) is 20.6. The van der Waals surface area contributed by atoms with E-state index in [9.17, 15) is 13.2 Å². The zero-order valence-electron chi connectivity index (χ0n) is 24.3. The molecule has 12 nitrogen and oxygen atoms in total. The smallest absolute Gasteiger partial charge is 0.354 e. The molecule has 2 saturated heterocycles. The SMILES string of the molecule is C=C(/C=C\C(=C/C)c1cc2cn(-c3ccc(CN4CC[C@@H](N=C(N)N)C4)cc3)c(=O)nc2[nH]1)S(=O)(=O)NC1CCNCC1. The van der Waals surface area contributed by atoms with Gasteiger partial charge in [0.05, 0.1) is 16.6 Å². The molecular formula is C30H39N9O3S. The number of allylic oxidation sites excluding steroid dienone is 4. The van der Waals surface area contributed by atoms with Crippen LogP contribution in [0.25, 0.3) is 22.3 Å². The number of aliphatic imine (C=N–C) groups is 1. The van der Waals surface area contributed by atoms with Crippen LogP contribution in [0.5, 0.6) is 0 Å². The van der Waals surface area contributed by atoms with Crippen LogP contribution in [0.1, 0.15) is 37.4 Å². The Kier molecular flexibility index (Phi) is 9.25. The van der Waals surface area contributed by atoms with Crippen molar-refractivity contribution in [1.29, 1.82) is 0 Å². The molecule has 5 rings (SSSR count). The number of sulfonamides is 1. The Labute approximate surface area is 251 Å². The summed E-state index contributed by atoms with van der Waals surface area (Å²) in [5.74, 6) is 0.123. The summed E-state index contributed by atoms with van der Waals surface area (Å²) in [5, 5.41) is 3.97. The number of aromatic amines is 1. The van der Waals surface area contributed by atoms with E-state index in [1.165, 1.54) is 10.6 Å². The van der Waals surface area contributed by atoms with E-state index in [1.54, 1.807) is 12.3 Å². The molecule has 0 saturated carbocycles. The molecule has 228 valence electrons. The first-order valence-electron chi connectivity index (χ1n) is 14.4. The highest BCUT2D eigenvalue weighted by molar-refractivity contribution is 7.93. The van der Waals surface area contributed by atoms with Crippen molar-refractivity contribution < 1.29 is 8.42 Å². The molecular weight excluding hydrogens is 566 g/mol. The number of hydrogen-bond donors (Lipinski definition) is 5. The summed E-state index contributed by atoms with van der Waals surface area (Å²) in [6.07, 6.45) is 9.19. The van der Waals surface area contributed by atoms with Crippen molar-refractivity contribution in [3.05, 3.63) is 88.0 Å². The minimum Gasteiger partial charge on any atom is -0.370 e. The Morgan fingerprint density at radius 2 is 1.93 bits per heavy atom. The van der Waals surface area contributed by atoms with E-state index in [0.717, 1.165) is 68.5 Å². The second kappa shape index (κ2) is 13.1. The summed E-state index contributed by atoms with van der Waals surface area (Å²) >= 11 is 0. The van der Waals surface area contributed by atoms with Gasteiger partial charge in [0.15, 0.2) is 5.96 Å². The molecule has 0 radical (unpaired) electrons. The molecule has 2 aliphatic heterocycles. The van der Waals surface area contributed by atoms with Crippen molar-refractivity contribution in [3.63, 3.8) is 0 Å². The maximum absolute atomic E-state index is 12.9. The highest BCUT2D eigenvalue weighted by Crippen LogP contribution is 2.22. The second-order valence-corrected chi connectivity index (χ2v) is 12.7. The third-order valence-electron chi connectivity index (χ3n) is 7.78. The predicted molar refractivity (Wildman–Crippen MR) is 171 cm³/mol. The molecule has 0 spiro atoms. The molecule has 2 aromatic heterocycles. The van der Waals surface area contributed by atoms with Crippen molar-refractivity contribution >= 4 is 32.6 Å². The monoisotopic (exact) mass is 605 g/mol. The number of nitrogens with two attached hydrogens (primary N) is 2. The predicted octanol–water partition coefficient (Wildman–Crippen LogP) is 1.71. The number of nitrogens with zero attached hydrogens (tertiary/aromatic N) is 4. The maximum atomic E-state index is 12.9. The Balaban J connectivity index is 1.28. The summed E-state index contributed by atoms with van der Waals surface area (Å²) in [4.78, 5) is 26.9. The van der Waals surface area contributed by atoms with Crippen LogP contribution in [-0.4, -0.2) is 72.1 Å². The quantitative estimate of drug-likeness (QED) is 0.132. The lowest BCUT2D eigenvalue weighted by atomic mass is 10.1. The van der Waals surface area contributed by atoms with Crippen LogP contribution in [-0.2, 0) is 16.6 Å². The van der Waals surface area contributed by atoms with E-state index in [1.807, 2.05) is 43.3 Å². The highest BCUT2D eigenvalue weighted by atomic mass is 32.2. The van der Waals surface area contributed by atoms with Crippen molar-refractivity contribution in [2.24, 2.45) is 16.5 Å². The molecule has 4 heterocycles. The van der Waals surface area contributed by atoms with E-state index < -0.39 is 15.7 Å². The number of fused-ring (bicyclic) bond motifs is 1. The minimum absolute atomic E-state index is 0.0129. The molecule has 1 atom stereocenters. The Bertz CT molecular complexity index is 1730. The standard InChI is InChI=1S/C30H39N9O3S/c1-3-22(7-4-20(2)43(41,42)37-24-10-13-33-14-11-24)27-16-23-18-39(30(40)36-28(23)35-27)26-8-5-21(6-9-26)17-38-15-12-25(19-38)34-29(31)32/h3-9,16,18,24-25,33,37H,2,10-15,17,19H2,1H3,(H4,31,32,34)(H,35,36,40)/b7-4-,22-3+/t25-/m1/s1. The van der Waals surface area contributed by atoms with Crippen LogP contribution in [0.15, 0.2) is 76.0 Å². The first kappa shape index (κ1) is 30.4. The molecule has 13 heteroatoms. The van der Waals surface area contributed by atoms with Crippen molar-refractivity contribution in [1.82, 2.24) is 29.5 Å². The number of guanidine groups is 1. The van der Waals surface area contributed by atoms with Crippen LogP contribution in [0.2, 0.25) is 0 Å². The fourth-order valence-corrected chi connectivity index (χ4v) is 6.55. The molecule has 0 amide bonds. The Morgan fingerprint density at radius 3 is 2.63 bits per heavy atom. The minimum atomic E-state index is -3.70. The van der Waals surface area contributed by atoms with Gasteiger partial charge in [0.2, 0.25) is 10.0 Å². The second-order valence-electron chi connectivity index (χ2n) is 11.0. The molecule has 7 N–H and O–H groups in total. The number of likely N-dealkylation sites (tertiary alicyclic amines) is 1. The fourth-order valence-electron chi connectivity index (χ4n) is 5.48. The van der Waals surface area contributed by atoms with Gasteiger partial charge in [-0.3, -0.25) is 9.47 Å². The van der Waals surface area contributed by atoms with E-state index in [2.05, 4.69) is 36.5 Å². The van der Waals surface area contributed by atoms with Gasteiger partial charge in [0.1, 0.15) is 5.65 Å². The third-order valence-corrected chi connectivity index (χ3v) is 9.25. The average molecular weight is 606 g/mol. The van der Waals surface area contributed by atoms with Crippen LogP contribution < -0.4 is 27.2 Å². The lowest BCUT2D eigenvalue weighted by Gasteiger charge is -2.23. The average Bonchev–Trinajstić information content (AvgIpc) is 3.59. The summed E-state index contributed by atoms with van der Waals surface area (Å²) in [6, 6.07) is 9.74. The number of nitrogens with one attached hydrogen (secondary N) is 3. The van der Waals surface area contributed by atoms with Gasteiger partial charge in [-0.1, -0.05) is 30.9 Å². The van der Waals surface area contributed by atoms with E-state index in [-0.39, 0.29) is 22.9 Å². The van der Waals surface area contributed by atoms with Crippen LogP contribution in [0.3, 0.4) is 0 Å². The number of benzene rings is 1. The zero-order valence-corrected chi connectivity index (χ0v) is 25.1. The summed E-state index contributed by atoms with van der Waals surface area (Å²) in [5.41, 5.74) is 14.4. The molecule has 2 aliphatic rings. The molecule has 3 aromatic rings. The topological polar surface area (TPSA) is 177 Å². The summed E-state index contributed by atoms with van der Waals surface area (Å²) in [6.45, 7) is 9.69. The number of hydrogen-bond acceptors (Lipinski definition) is 7. The third kappa shape index (κ3) is 7.49. The zero-order chi connectivity index (χ0) is 30.6. The molecule has 0 unspecified atom stereocenters. The molecule has 0 bridgehead atoms. The lowest BCUT2D eigenvalue weighted by Crippen LogP contribution is -2.42. The van der Waals surface area contributed by atoms with Gasteiger partial charge >= 0.3 is 5.69 Å². The van der Waals surface area contributed by atoms with E-state index in [4.69, 9.17) is 11.5 Å². The van der Waals surface area contributed by atoms with E-state index in [0.29, 0.717) is 17.0 Å². The van der Waals surface area contributed by atoms with Crippen LogP contribution >= 0.6 is 0 Å². The number of H-pyrrole nitrogens is 1. The Morgan fingerprint density at radius 1 is 1.19 bits per heavy atom. The van der Waals surface area contributed by atoms with Crippen LogP contribution in [0, 0.1) is 0 Å². The molecule has 43 heavy (non-hydrogen) atoms. The molecule has 0 aliphatic carbocycles. The van der Waals surface area contributed by atoms with Gasteiger partial charge in [-0.05, 0) is 74.7 Å². The van der Waals surface area contributed by atoms with Crippen molar-refractivity contribution in [3.8, 4) is 5.69 Å². The number of rotatable bonds is 10. The van der Waals surface area contributed by atoms with Crippen molar-refractivity contribution in [2.75, 3.05) is 26.2 Å². The fraction of sp³-hybridized carbons (Fsp3) is 0.367. The Hall–Kier alpha value is -4.04. The highest BCUT2D eigenvalue weighted by Gasteiger charge is 2.23. The molecule has 1 aromatic carbocycles. The van der Waals surface area contributed by atoms with E-state index >= 15 is 0 Å². The van der Waals surface area contributed by atoms with Gasteiger partial charge in [-0.15, -0.1) is 0 Å². The number of aromatic nitrogens is 3. The largest absolute Gasteiger partial charge is 0.370 e. The lowest BCUT2D eigenvalue weighted by molar-refractivity contribution is 0.327. The van der Waals surface area contributed by atoms with Gasteiger partial charge in [-0.2, -0.15) is 4.98 Å². The van der Waals surface area contributed by atoms with Crippen LogP contribution in [0.4, 0.5) is 0 Å². The summed E-state index contributed by atoms with van der Waals surface area (Å²) in [7, 11) is -3.70. The van der Waals surface area contributed by atoms with Gasteiger partial charge < -0.3 is 21.8 Å². The van der Waals surface area contributed by atoms with Gasteiger partial charge in [-0.25, -0.2) is 22.9 Å².